The van der Waals surface area contributed by atoms with Crippen LogP contribution in [-0.4, -0.2) is 46.5 Å². The summed E-state index contributed by atoms with van der Waals surface area (Å²) < 4.78 is 10.3. The van der Waals surface area contributed by atoms with E-state index in [1.165, 1.54) is 11.1 Å². The SMILES string of the molecule is CN=C(NCCCCOCCOC)NCc1ccc(C)cc1. The molecule has 0 amide bonds. The summed E-state index contributed by atoms with van der Waals surface area (Å²) >= 11 is 0. The lowest BCUT2D eigenvalue weighted by Gasteiger charge is -2.12. The van der Waals surface area contributed by atoms with E-state index in [1.54, 1.807) is 14.2 Å². The van der Waals surface area contributed by atoms with Gasteiger partial charge in [-0.3, -0.25) is 4.99 Å². The molecule has 5 heteroatoms. The summed E-state index contributed by atoms with van der Waals surface area (Å²) in [5.41, 5.74) is 2.53. The minimum atomic E-state index is 0.661. The zero-order valence-electron chi connectivity index (χ0n) is 14.0. The molecular weight excluding hydrogens is 278 g/mol. The van der Waals surface area contributed by atoms with Gasteiger partial charge in [0.15, 0.2) is 5.96 Å². The molecule has 0 atom stereocenters. The number of ether oxygens (including phenoxy) is 2. The van der Waals surface area contributed by atoms with Gasteiger partial charge in [0.1, 0.15) is 0 Å². The van der Waals surface area contributed by atoms with E-state index in [1.807, 2.05) is 0 Å². The van der Waals surface area contributed by atoms with Crippen molar-refractivity contribution in [3.63, 3.8) is 0 Å². The first-order valence-corrected chi connectivity index (χ1v) is 7.83. The van der Waals surface area contributed by atoms with Gasteiger partial charge in [0, 0.05) is 33.9 Å². The molecule has 0 heterocycles. The summed E-state index contributed by atoms with van der Waals surface area (Å²) in [6.45, 7) is 5.87. The van der Waals surface area contributed by atoms with Gasteiger partial charge in [-0.05, 0) is 25.3 Å². The normalized spacial score (nSPS) is 11.5. The van der Waals surface area contributed by atoms with E-state index < -0.39 is 0 Å². The maximum absolute atomic E-state index is 5.42. The molecule has 0 aliphatic heterocycles. The zero-order valence-corrected chi connectivity index (χ0v) is 14.0. The van der Waals surface area contributed by atoms with Gasteiger partial charge >= 0.3 is 0 Å². The van der Waals surface area contributed by atoms with Crippen LogP contribution in [0.2, 0.25) is 0 Å². The Hall–Kier alpha value is -1.59. The van der Waals surface area contributed by atoms with E-state index in [2.05, 4.69) is 46.8 Å². The van der Waals surface area contributed by atoms with Crippen LogP contribution in [0.4, 0.5) is 0 Å². The largest absolute Gasteiger partial charge is 0.382 e. The van der Waals surface area contributed by atoms with Crippen molar-refractivity contribution in [3.8, 4) is 0 Å². The highest BCUT2D eigenvalue weighted by Gasteiger charge is 1.98. The average molecular weight is 307 g/mol. The fourth-order valence-electron chi connectivity index (χ4n) is 1.89. The van der Waals surface area contributed by atoms with Crippen molar-refractivity contribution in [2.75, 3.05) is 40.5 Å². The summed E-state index contributed by atoms with van der Waals surface area (Å²) in [4.78, 5) is 4.23. The smallest absolute Gasteiger partial charge is 0.191 e. The van der Waals surface area contributed by atoms with Crippen LogP contribution in [-0.2, 0) is 16.0 Å². The van der Waals surface area contributed by atoms with E-state index in [0.29, 0.717) is 13.2 Å². The number of nitrogens with zero attached hydrogens (tertiary/aromatic N) is 1. The predicted octanol–water partition coefficient (Wildman–Crippen LogP) is 2.10. The fraction of sp³-hybridized carbons (Fsp3) is 0.588. The third kappa shape index (κ3) is 8.64. The Balaban J connectivity index is 2.09. The van der Waals surface area contributed by atoms with Gasteiger partial charge < -0.3 is 20.1 Å². The van der Waals surface area contributed by atoms with Gasteiger partial charge in [-0.2, -0.15) is 0 Å². The second-order valence-electron chi connectivity index (χ2n) is 5.15. The van der Waals surface area contributed by atoms with E-state index in [-0.39, 0.29) is 0 Å². The minimum Gasteiger partial charge on any atom is -0.382 e. The maximum atomic E-state index is 5.42. The van der Waals surface area contributed by atoms with Gasteiger partial charge in [0.25, 0.3) is 0 Å². The monoisotopic (exact) mass is 307 g/mol. The highest BCUT2D eigenvalue weighted by Crippen LogP contribution is 2.02. The Morgan fingerprint density at radius 3 is 2.50 bits per heavy atom. The molecule has 2 N–H and O–H groups in total. The van der Waals surface area contributed by atoms with Crippen molar-refractivity contribution in [1.82, 2.24) is 10.6 Å². The van der Waals surface area contributed by atoms with Gasteiger partial charge in [-0.25, -0.2) is 0 Å². The van der Waals surface area contributed by atoms with Crippen molar-refractivity contribution < 1.29 is 9.47 Å². The van der Waals surface area contributed by atoms with Gasteiger partial charge in [0.05, 0.1) is 13.2 Å². The molecule has 1 rings (SSSR count). The second-order valence-corrected chi connectivity index (χ2v) is 5.15. The summed E-state index contributed by atoms with van der Waals surface area (Å²) in [6, 6.07) is 8.51. The molecule has 0 aromatic heterocycles. The molecule has 1 aromatic carbocycles. The first-order valence-electron chi connectivity index (χ1n) is 7.83. The Morgan fingerprint density at radius 1 is 1.05 bits per heavy atom. The molecule has 1 aromatic rings. The zero-order chi connectivity index (χ0) is 16.0. The van der Waals surface area contributed by atoms with Crippen LogP contribution in [0.15, 0.2) is 29.3 Å². The first-order chi connectivity index (χ1) is 10.8. The van der Waals surface area contributed by atoms with Crippen molar-refractivity contribution in [1.29, 1.82) is 0 Å². The third-order valence-corrected chi connectivity index (χ3v) is 3.24. The van der Waals surface area contributed by atoms with Gasteiger partial charge in [0.2, 0.25) is 0 Å². The standard InChI is InChI=1S/C17H29N3O2/c1-15-6-8-16(9-7-15)14-20-17(18-2)19-10-4-5-11-22-13-12-21-3/h6-9H,4-5,10-14H2,1-3H3,(H2,18,19,20). The molecule has 124 valence electrons. The van der Waals surface area contributed by atoms with Crippen LogP contribution in [0.5, 0.6) is 0 Å². The molecule has 5 nitrogen and oxygen atoms in total. The third-order valence-electron chi connectivity index (χ3n) is 3.24. The van der Waals surface area contributed by atoms with Crippen LogP contribution in [0, 0.1) is 6.92 Å². The Labute approximate surface area is 134 Å². The number of hydrogen-bond donors (Lipinski definition) is 2. The predicted molar refractivity (Wildman–Crippen MR) is 91.3 cm³/mol. The van der Waals surface area contributed by atoms with E-state index in [0.717, 1.165) is 38.5 Å². The molecule has 0 aliphatic carbocycles. The van der Waals surface area contributed by atoms with Crippen LogP contribution in [0.1, 0.15) is 24.0 Å². The quantitative estimate of drug-likeness (QED) is 0.395. The molecule has 0 spiro atoms. The summed E-state index contributed by atoms with van der Waals surface area (Å²) in [6.07, 6.45) is 2.09. The average Bonchev–Trinajstić information content (AvgIpc) is 2.54. The molecule has 22 heavy (non-hydrogen) atoms. The summed E-state index contributed by atoms with van der Waals surface area (Å²) in [5, 5.41) is 6.63. The lowest BCUT2D eigenvalue weighted by atomic mass is 10.1. The highest BCUT2D eigenvalue weighted by atomic mass is 16.5. The number of benzene rings is 1. The second kappa shape index (κ2) is 12.0. The molecule has 0 fully saturated rings. The number of nitrogens with one attached hydrogen (secondary N) is 2. The summed E-state index contributed by atoms with van der Waals surface area (Å²) in [7, 11) is 3.47. The van der Waals surface area contributed by atoms with E-state index >= 15 is 0 Å². The van der Waals surface area contributed by atoms with Crippen molar-refractivity contribution >= 4 is 5.96 Å². The first kappa shape index (κ1) is 18.5. The molecule has 0 unspecified atom stereocenters. The van der Waals surface area contributed by atoms with Crippen LogP contribution in [0.3, 0.4) is 0 Å². The number of hydrogen-bond acceptors (Lipinski definition) is 3. The van der Waals surface area contributed by atoms with Gasteiger partial charge in [-0.1, -0.05) is 29.8 Å². The van der Waals surface area contributed by atoms with Crippen LogP contribution >= 0.6 is 0 Å². The van der Waals surface area contributed by atoms with Crippen molar-refractivity contribution in [2.24, 2.45) is 4.99 Å². The van der Waals surface area contributed by atoms with Gasteiger partial charge in [-0.15, -0.1) is 0 Å². The Morgan fingerprint density at radius 2 is 1.82 bits per heavy atom. The lowest BCUT2D eigenvalue weighted by molar-refractivity contribution is 0.0689. The molecule has 0 saturated carbocycles. The highest BCUT2D eigenvalue weighted by molar-refractivity contribution is 5.79. The maximum Gasteiger partial charge on any atom is 0.191 e. The molecular formula is C17H29N3O2. The minimum absolute atomic E-state index is 0.661. The molecule has 0 aliphatic rings. The van der Waals surface area contributed by atoms with Crippen molar-refractivity contribution in [2.45, 2.75) is 26.3 Å². The van der Waals surface area contributed by atoms with Crippen LogP contribution < -0.4 is 10.6 Å². The van der Waals surface area contributed by atoms with Crippen LogP contribution in [0.25, 0.3) is 0 Å². The Bertz CT molecular complexity index is 418. The molecule has 0 bridgehead atoms. The molecule has 0 radical (unpaired) electrons. The number of methoxy groups -OCH3 is 1. The number of guanidine groups is 1. The number of aliphatic imine (C=N–C) groups is 1. The fourth-order valence-corrected chi connectivity index (χ4v) is 1.89. The van der Waals surface area contributed by atoms with Crippen molar-refractivity contribution in [3.05, 3.63) is 35.4 Å². The van der Waals surface area contributed by atoms with E-state index in [4.69, 9.17) is 9.47 Å². The van der Waals surface area contributed by atoms with E-state index in [9.17, 15) is 0 Å². The number of rotatable bonds is 10. The number of unbranched alkanes of at least 4 members (excludes halogenated alkanes) is 1. The Kier molecular flexibility index (Phi) is 10.1. The number of aryl methyl sites for hydroxylation is 1. The topological polar surface area (TPSA) is 54.9 Å². The molecule has 0 saturated heterocycles. The summed E-state index contributed by atoms with van der Waals surface area (Å²) in [5.74, 6) is 0.834. The lowest BCUT2D eigenvalue weighted by Crippen LogP contribution is -2.37.